The van der Waals surface area contributed by atoms with E-state index >= 15 is 0 Å². The molecule has 20 heavy (non-hydrogen) atoms. The SMILES string of the molecule is C=CC(Nc1cccc(C(F)(F)F)c1)c1ccccc1. The maximum absolute atomic E-state index is 12.7. The topological polar surface area (TPSA) is 12.0 Å². The molecule has 0 amide bonds. The van der Waals surface area contributed by atoms with Crippen LogP contribution in [0.1, 0.15) is 17.2 Å². The van der Waals surface area contributed by atoms with Crippen molar-refractivity contribution >= 4 is 5.69 Å². The van der Waals surface area contributed by atoms with Crippen LogP contribution in [0, 0.1) is 0 Å². The molecule has 0 aliphatic rings. The van der Waals surface area contributed by atoms with E-state index in [-0.39, 0.29) is 6.04 Å². The van der Waals surface area contributed by atoms with Gasteiger partial charge < -0.3 is 5.32 Å². The van der Waals surface area contributed by atoms with E-state index in [0.29, 0.717) is 5.69 Å². The minimum absolute atomic E-state index is 0.236. The second-order valence-corrected chi connectivity index (χ2v) is 4.35. The summed E-state index contributed by atoms with van der Waals surface area (Å²) in [7, 11) is 0. The molecule has 1 unspecified atom stereocenters. The van der Waals surface area contributed by atoms with Crippen molar-refractivity contribution < 1.29 is 13.2 Å². The molecule has 1 atom stereocenters. The number of benzene rings is 2. The maximum Gasteiger partial charge on any atom is 0.416 e. The fraction of sp³-hybridized carbons (Fsp3) is 0.125. The largest absolute Gasteiger partial charge is 0.416 e. The minimum Gasteiger partial charge on any atom is -0.375 e. The van der Waals surface area contributed by atoms with Crippen LogP contribution in [-0.4, -0.2) is 0 Å². The van der Waals surface area contributed by atoms with Gasteiger partial charge in [0, 0.05) is 5.69 Å². The molecular formula is C16H14F3N. The Balaban J connectivity index is 2.23. The maximum atomic E-state index is 12.7. The fourth-order valence-electron chi connectivity index (χ4n) is 1.90. The molecule has 0 bridgehead atoms. The van der Waals surface area contributed by atoms with Crippen molar-refractivity contribution in [1.29, 1.82) is 0 Å². The smallest absolute Gasteiger partial charge is 0.375 e. The van der Waals surface area contributed by atoms with Crippen molar-refractivity contribution in [3.05, 3.63) is 78.4 Å². The van der Waals surface area contributed by atoms with Gasteiger partial charge in [0.15, 0.2) is 0 Å². The van der Waals surface area contributed by atoms with E-state index in [2.05, 4.69) is 11.9 Å². The number of hydrogen-bond acceptors (Lipinski definition) is 1. The molecule has 0 saturated heterocycles. The summed E-state index contributed by atoms with van der Waals surface area (Å²) in [5.74, 6) is 0. The van der Waals surface area contributed by atoms with Gasteiger partial charge in [-0.2, -0.15) is 13.2 Å². The van der Waals surface area contributed by atoms with Crippen LogP contribution < -0.4 is 5.32 Å². The zero-order valence-electron chi connectivity index (χ0n) is 10.7. The highest BCUT2D eigenvalue weighted by molar-refractivity contribution is 5.49. The standard InChI is InChI=1S/C16H14F3N/c1-2-15(12-7-4-3-5-8-12)20-14-10-6-9-13(11-14)16(17,18)19/h2-11,15,20H,1H2. The normalized spacial score (nSPS) is 12.8. The Morgan fingerprint density at radius 2 is 1.70 bits per heavy atom. The first-order chi connectivity index (χ1) is 9.50. The molecule has 0 fully saturated rings. The lowest BCUT2D eigenvalue weighted by atomic mass is 10.1. The molecule has 0 aliphatic heterocycles. The van der Waals surface area contributed by atoms with E-state index in [9.17, 15) is 13.2 Å². The van der Waals surface area contributed by atoms with Crippen molar-refractivity contribution in [2.45, 2.75) is 12.2 Å². The van der Waals surface area contributed by atoms with Crippen molar-refractivity contribution in [1.82, 2.24) is 0 Å². The van der Waals surface area contributed by atoms with Gasteiger partial charge in [0.25, 0.3) is 0 Å². The number of hydrogen-bond donors (Lipinski definition) is 1. The van der Waals surface area contributed by atoms with Gasteiger partial charge in [-0.1, -0.05) is 42.5 Å². The lowest BCUT2D eigenvalue weighted by Gasteiger charge is -2.17. The van der Waals surface area contributed by atoms with E-state index < -0.39 is 11.7 Å². The Kier molecular flexibility index (Phi) is 4.13. The zero-order chi connectivity index (χ0) is 14.6. The third kappa shape index (κ3) is 3.41. The lowest BCUT2D eigenvalue weighted by Crippen LogP contribution is -2.10. The Morgan fingerprint density at radius 3 is 2.30 bits per heavy atom. The third-order valence-electron chi connectivity index (χ3n) is 2.91. The number of nitrogens with one attached hydrogen (secondary N) is 1. The van der Waals surface area contributed by atoms with Crippen LogP contribution in [0.4, 0.5) is 18.9 Å². The molecule has 2 rings (SSSR count). The fourth-order valence-corrected chi connectivity index (χ4v) is 1.90. The summed E-state index contributed by atoms with van der Waals surface area (Å²) >= 11 is 0. The molecular weight excluding hydrogens is 263 g/mol. The van der Waals surface area contributed by atoms with Crippen molar-refractivity contribution in [3.63, 3.8) is 0 Å². The van der Waals surface area contributed by atoms with Gasteiger partial charge in [-0.15, -0.1) is 6.58 Å². The highest BCUT2D eigenvalue weighted by Gasteiger charge is 2.30. The van der Waals surface area contributed by atoms with Gasteiger partial charge in [0.2, 0.25) is 0 Å². The number of anilines is 1. The molecule has 1 N–H and O–H groups in total. The van der Waals surface area contributed by atoms with Crippen molar-refractivity contribution in [2.75, 3.05) is 5.32 Å². The molecule has 2 aromatic rings. The monoisotopic (exact) mass is 277 g/mol. The van der Waals surface area contributed by atoms with Crippen molar-refractivity contribution in [2.24, 2.45) is 0 Å². The summed E-state index contributed by atoms with van der Waals surface area (Å²) in [6, 6.07) is 14.3. The number of rotatable bonds is 4. The van der Waals surface area contributed by atoms with E-state index in [0.717, 1.165) is 17.7 Å². The van der Waals surface area contributed by atoms with Gasteiger partial charge in [0.05, 0.1) is 11.6 Å². The number of alkyl halides is 3. The van der Waals surface area contributed by atoms with Gasteiger partial charge in [-0.3, -0.25) is 0 Å². The van der Waals surface area contributed by atoms with Crippen LogP contribution in [0.5, 0.6) is 0 Å². The molecule has 0 aliphatic carbocycles. The third-order valence-corrected chi connectivity index (χ3v) is 2.91. The molecule has 2 aromatic carbocycles. The van der Waals surface area contributed by atoms with Crippen LogP contribution in [0.15, 0.2) is 67.3 Å². The quantitative estimate of drug-likeness (QED) is 0.771. The summed E-state index contributed by atoms with van der Waals surface area (Å²) in [6.45, 7) is 3.72. The molecule has 0 radical (unpaired) electrons. The zero-order valence-corrected chi connectivity index (χ0v) is 10.7. The summed E-state index contributed by atoms with van der Waals surface area (Å²) in [5, 5.41) is 3.04. The Morgan fingerprint density at radius 1 is 1.00 bits per heavy atom. The predicted octanol–water partition coefficient (Wildman–Crippen LogP) is 5.04. The molecule has 1 nitrogen and oxygen atoms in total. The van der Waals surface area contributed by atoms with Crippen LogP contribution in [0.2, 0.25) is 0 Å². The Hall–Kier alpha value is -2.23. The van der Waals surface area contributed by atoms with Crippen LogP contribution in [0.25, 0.3) is 0 Å². The highest BCUT2D eigenvalue weighted by Crippen LogP contribution is 2.31. The first-order valence-corrected chi connectivity index (χ1v) is 6.12. The number of halogens is 3. The summed E-state index contributed by atoms with van der Waals surface area (Å²) < 4.78 is 38.0. The van der Waals surface area contributed by atoms with Crippen LogP contribution in [-0.2, 0) is 6.18 Å². The van der Waals surface area contributed by atoms with E-state index in [4.69, 9.17) is 0 Å². The second-order valence-electron chi connectivity index (χ2n) is 4.35. The van der Waals surface area contributed by atoms with E-state index in [1.54, 1.807) is 12.1 Å². The van der Waals surface area contributed by atoms with Gasteiger partial charge in [-0.25, -0.2) is 0 Å². The van der Waals surface area contributed by atoms with Crippen LogP contribution >= 0.6 is 0 Å². The summed E-state index contributed by atoms with van der Waals surface area (Å²) in [5.41, 5.74) is 0.687. The van der Waals surface area contributed by atoms with Gasteiger partial charge in [0.1, 0.15) is 0 Å². The molecule has 0 heterocycles. The lowest BCUT2D eigenvalue weighted by molar-refractivity contribution is -0.137. The van der Waals surface area contributed by atoms with E-state index in [1.807, 2.05) is 30.3 Å². The first kappa shape index (κ1) is 14.2. The first-order valence-electron chi connectivity index (χ1n) is 6.12. The Bertz CT molecular complexity index is 576. The van der Waals surface area contributed by atoms with Crippen LogP contribution in [0.3, 0.4) is 0 Å². The highest BCUT2D eigenvalue weighted by atomic mass is 19.4. The Labute approximate surface area is 115 Å². The van der Waals surface area contributed by atoms with E-state index in [1.165, 1.54) is 6.07 Å². The summed E-state index contributed by atoms with van der Waals surface area (Å²) in [6.07, 6.45) is -2.68. The average molecular weight is 277 g/mol. The summed E-state index contributed by atoms with van der Waals surface area (Å²) in [4.78, 5) is 0. The molecule has 4 heteroatoms. The molecule has 0 saturated carbocycles. The van der Waals surface area contributed by atoms with Gasteiger partial charge >= 0.3 is 6.18 Å². The average Bonchev–Trinajstić information content (AvgIpc) is 2.45. The molecule has 104 valence electrons. The van der Waals surface area contributed by atoms with Crippen molar-refractivity contribution in [3.8, 4) is 0 Å². The predicted molar refractivity (Wildman–Crippen MR) is 74.4 cm³/mol. The van der Waals surface area contributed by atoms with Gasteiger partial charge in [-0.05, 0) is 23.8 Å². The second kappa shape index (κ2) is 5.82. The minimum atomic E-state index is -4.34. The molecule has 0 spiro atoms. The molecule has 0 aromatic heterocycles.